The number of guanidine groups is 1. The molecule has 1 aromatic heterocycles. The predicted octanol–water partition coefficient (Wildman–Crippen LogP) is 1.99. The maximum Gasteiger partial charge on any atom is 0.232 e. The normalized spacial score (nSPS) is 19.2. The average molecular weight is 555 g/mol. The summed E-state index contributed by atoms with van der Waals surface area (Å²) in [5.41, 5.74) is 0.185. The van der Waals surface area contributed by atoms with Crippen LogP contribution in [-0.4, -0.2) is 80.4 Å². The molecule has 1 aromatic rings. The highest BCUT2D eigenvalue weighted by Gasteiger charge is 2.33. The molecule has 27 heavy (non-hydrogen) atoms. The lowest BCUT2D eigenvalue weighted by Gasteiger charge is -2.39. The van der Waals surface area contributed by atoms with E-state index in [9.17, 15) is 0 Å². The largest absolute Gasteiger partial charge is 0.480 e. The van der Waals surface area contributed by atoms with Crippen molar-refractivity contribution in [2.45, 2.75) is 13.8 Å². The Balaban J connectivity index is 0.00000261. The van der Waals surface area contributed by atoms with Crippen molar-refractivity contribution in [3.63, 3.8) is 0 Å². The lowest BCUT2D eigenvalue weighted by atomic mass is 9.89. The van der Waals surface area contributed by atoms with Crippen molar-refractivity contribution in [1.82, 2.24) is 20.2 Å². The Labute approximate surface area is 186 Å². The Morgan fingerprint density at radius 1 is 1.37 bits per heavy atom. The van der Waals surface area contributed by atoms with Crippen LogP contribution in [0.5, 0.6) is 5.88 Å². The number of hydrogen-bond acceptors (Lipinski definition) is 6. The Morgan fingerprint density at radius 3 is 2.63 bits per heavy atom. The van der Waals surface area contributed by atoms with Gasteiger partial charge in [0, 0.05) is 38.1 Å². The van der Waals surface area contributed by atoms with Crippen LogP contribution in [0.2, 0.25) is 0 Å². The van der Waals surface area contributed by atoms with Gasteiger partial charge in [0.05, 0.1) is 37.5 Å². The first-order valence-electron chi connectivity index (χ1n) is 8.97. The third kappa shape index (κ3) is 5.57. The first-order valence-corrected chi connectivity index (χ1v) is 9.76. The van der Waals surface area contributed by atoms with Gasteiger partial charge in [0.25, 0.3) is 0 Å². The zero-order valence-electron chi connectivity index (χ0n) is 16.1. The number of ether oxygens (including phenoxy) is 2. The molecular formula is C17H28BrIN6O2. The van der Waals surface area contributed by atoms with Gasteiger partial charge in [-0.1, -0.05) is 6.92 Å². The molecule has 2 saturated heterocycles. The monoisotopic (exact) mass is 554 g/mol. The molecule has 1 N–H and O–H groups in total. The van der Waals surface area contributed by atoms with Gasteiger partial charge in [-0.2, -0.15) is 4.98 Å². The Kier molecular flexibility index (Phi) is 8.35. The lowest BCUT2D eigenvalue weighted by molar-refractivity contribution is -0.0946. The van der Waals surface area contributed by atoms with Gasteiger partial charge in [-0.3, -0.25) is 4.99 Å². The number of nitrogens with one attached hydrogen (secondary N) is 1. The Bertz CT molecular complexity index is 650. The van der Waals surface area contributed by atoms with Crippen LogP contribution in [0.3, 0.4) is 0 Å². The molecule has 2 aliphatic rings. The average Bonchev–Trinajstić information content (AvgIpc) is 2.64. The van der Waals surface area contributed by atoms with Gasteiger partial charge in [-0.15, -0.1) is 24.0 Å². The molecule has 10 heteroatoms. The molecule has 0 atom stereocenters. The molecule has 8 nitrogen and oxygen atoms in total. The van der Waals surface area contributed by atoms with E-state index in [1.54, 1.807) is 13.3 Å². The smallest absolute Gasteiger partial charge is 0.232 e. The SMILES string of the molecule is CCNC(=NCC1(C)COC1)N1CCN(c2ncc(Br)c(OC)n2)CC1.I. The van der Waals surface area contributed by atoms with Crippen molar-refractivity contribution in [2.24, 2.45) is 10.4 Å². The number of rotatable bonds is 5. The summed E-state index contributed by atoms with van der Waals surface area (Å²) in [6, 6.07) is 0. The number of aromatic nitrogens is 2. The van der Waals surface area contributed by atoms with Crippen LogP contribution in [0.15, 0.2) is 15.7 Å². The minimum atomic E-state index is 0. The molecule has 3 heterocycles. The summed E-state index contributed by atoms with van der Waals surface area (Å²) in [5.74, 6) is 2.24. The van der Waals surface area contributed by atoms with Gasteiger partial charge >= 0.3 is 0 Å². The van der Waals surface area contributed by atoms with Crippen molar-refractivity contribution < 1.29 is 9.47 Å². The molecule has 0 radical (unpaired) electrons. The van der Waals surface area contributed by atoms with E-state index < -0.39 is 0 Å². The van der Waals surface area contributed by atoms with Crippen LogP contribution in [0.1, 0.15) is 13.8 Å². The molecule has 0 amide bonds. The summed E-state index contributed by atoms with van der Waals surface area (Å²) in [6.07, 6.45) is 1.74. The van der Waals surface area contributed by atoms with Crippen molar-refractivity contribution in [3.05, 3.63) is 10.7 Å². The fourth-order valence-corrected chi connectivity index (χ4v) is 3.34. The highest BCUT2D eigenvalue weighted by atomic mass is 127. The van der Waals surface area contributed by atoms with Crippen LogP contribution < -0.4 is 15.0 Å². The van der Waals surface area contributed by atoms with E-state index in [4.69, 9.17) is 14.5 Å². The molecule has 3 rings (SSSR count). The fraction of sp³-hybridized carbons (Fsp3) is 0.706. The molecule has 0 unspecified atom stereocenters. The summed E-state index contributed by atoms with van der Waals surface area (Å²) >= 11 is 3.39. The zero-order valence-corrected chi connectivity index (χ0v) is 20.0. The van der Waals surface area contributed by atoms with Gasteiger partial charge in [0.2, 0.25) is 11.8 Å². The van der Waals surface area contributed by atoms with Crippen molar-refractivity contribution >= 4 is 51.8 Å². The summed E-state index contributed by atoms with van der Waals surface area (Å²) < 4.78 is 11.4. The Hall–Kier alpha value is -0.880. The third-order valence-electron chi connectivity index (χ3n) is 4.60. The standard InChI is InChI=1S/C17H27BrN6O2.HI/c1-4-19-15(21-10-17(2)11-26-12-17)23-5-7-24(8-6-23)16-20-9-13(18)14(22-16)25-3;/h9H,4-8,10-12H2,1-3H3,(H,19,21);1H. The van der Waals surface area contributed by atoms with E-state index in [1.807, 2.05) is 0 Å². The molecule has 0 saturated carbocycles. The lowest BCUT2D eigenvalue weighted by Crippen LogP contribution is -2.53. The summed E-state index contributed by atoms with van der Waals surface area (Å²) in [5, 5.41) is 3.41. The second kappa shape index (κ2) is 10.1. The highest BCUT2D eigenvalue weighted by Crippen LogP contribution is 2.27. The van der Waals surface area contributed by atoms with Gasteiger partial charge in [0.15, 0.2) is 5.96 Å². The van der Waals surface area contributed by atoms with Crippen molar-refractivity contribution in [1.29, 1.82) is 0 Å². The minimum Gasteiger partial charge on any atom is -0.480 e. The topological polar surface area (TPSA) is 75.1 Å². The van der Waals surface area contributed by atoms with Gasteiger partial charge in [-0.25, -0.2) is 4.98 Å². The highest BCUT2D eigenvalue weighted by molar-refractivity contribution is 14.0. The maximum absolute atomic E-state index is 5.33. The fourth-order valence-electron chi connectivity index (χ4n) is 2.99. The van der Waals surface area contributed by atoms with Crippen LogP contribution in [0, 0.1) is 5.41 Å². The van der Waals surface area contributed by atoms with E-state index in [2.05, 4.69) is 54.9 Å². The van der Waals surface area contributed by atoms with E-state index >= 15 is 0 Å². The summed E-state index contributed by atoms with van der Waals surface area (Å²) in [4.78, 5) is 18.2. The first-order chi connectivity index (χ1) is 12.5. The molecule has 0 aromatic carbocycles. The summed E-state index contributed by atoms with van der Waals surface area (Å²) in [6.45, 7) is 11.0. The molecule has 152 valence electrons. The molecule has 0 spiro atoms. The van der Waals surface area contributed by atoms with Gasteiger partial charge in [-0.05, 0) is 22.9 Å². The number of aliphatic imine (C=N–C) groups is 1. The van der Waals surface area contributed by atoms with Gasteiger partial charge in [0.1, 0.15) is 0 Å². The zero-order chi connectivity index (χ0) is 18.6. The number of piperazine rings is 1. The van der Waals surface area contributed by atoms with Crippen LogP contribution in [-0.2, 0) is 4.74 Å². The van der Waals surface area contributed by atoms with E-state index in [0.29, 0.717) is 11.8 Å². The minimum absolute atomic E-state index is 0. The molecule has 2 fully saturated rings. The first kappa shape index (κ1) is 22.4. The molecule has 0 aliphatic carbocycles. The van der Waals surface area contributed by atoms with E-state index in [1.165, 1.54) is 0 Å². The number of nitrogens with zero attached hydrogens (tertiary/aromatic N) is 5. The van der Waals surface area contributed by atoms with Crippen molar-refractivity contribution in [3.8, 4) is 5.88 Å². The second-order valence-electron chi connectivity index (χ2n) is 6.97. The van der Waals surface area contributed by atoms with Crippen LogP contribution in [0.25, 0.3) is 0 Å². The van der Waals surface area contributed by atoms with Crippen LogP contribution in [0.4, 0.5) is 5.95 Å². The van der Waals surface area contributed by atoms with Gasteiger partial charge < -0.3 is 24.6 Å². The number of halogens is 2. The molecule has 0 bridgehead atoms. The quantitative estimate of drug-likeness (QED) is 0.339. The number of hydrogen-bond donors (Lipinski definition) is 1. The second-order valence-corrected chi connectivity index (χ2v) is 7.83. The molecular weight excluding hydrogens is 527 g/mol. The third-order valence-corrected chi connectivity index (χ3v) is 5.15. The van der Waals surface area contributed by atoms with Crippen LogP contribution >= 0.6 is 39.9 Å². The van der Waals surface area contributed by atoms with Crippen molar-refractivity contribution in [2.75, 3.05) is 64.5 Å². The predicted molar refractivity (Wildman–Crippen MR) is 120 cm³/mol. The number of anilines is 1. The number of methoxy groups -OCH3 is 1. The van der Waals surface area contributed by atoms with E-state index in [-0.39, 0.29) is 29.4 Å². The summed E-state index contributed by atoms with van der Waals surface area (Å²) in [7, 11) is 1.61. The van der Waals surface area contributed by atoms with E-state index in [0.717, 1.165) is 62.9 Å². The Morgan fingerprint density at radius 2 is 2.07 bits per heavy atom. The molecule has 2 aliphatic heterocycles. The maximum atomic E-state index is 5.33.